The van der Waals surface area contributed by atoms with Gasteiger partial charge in [0.25, 0.3) is 0 Å². The average molecular weight is 531 g/mol. The number of ketones is 1. The van der Waals surface area contributed by atoms with Crippen molar-refractivity contribution in [2.24, 2.45) is 0 Å². The molecule has 0 unspecified atom stereocenters. The molecular formula is C25H18BrCl2NO3. The molecule has 0 amide bonds. The maximum absolute atomic E-state index is 13.1. The van der Waals surface area contributed by atoms with Crippen LogP contribution in [0.1, 0.15) is 32.6 Å². The number of Topliss-reactive ketones (excluding diaryl/α,β-unsaturated/α-hetero) is 1. The normalized spacial score (nSPS) is 16.5. The zero-order valence-electron chi connectivity index (χ0n) is 17.1. The van der Waals surface area contributed by atoms with Crippen LogP contribution in [0.2, 0.25) is 10.0 Å². The molecule has 0 bridgehead atoms. The van der Waals surface area contributed by atoms with Gasteiger partial charge in [0.15, 0.2) is 5.76 Å². The Morgan fingerprint density at radius 2 is 1.97 bits per heavy atom. The maximum Gasteiger partial charge on any atom is 0.231 e. The summed E-state index contributed by atoms with van der Waals surface area (Å²) in [6.07, 6.45) is 1.77. The fraction of sp³-hybridized carbons (Fsp3) is 0.160. The highest BCUT2D eigenvalue weighted by Gasteiger charge is 2.33. The second kappa shape index (κ2) is 8.56. The molecule has 2 aliphatic rings. The summed E-state index contributed by atoms with van der Waals surface area (Å²) in [6.45, 7) is 3.60. The van der Waals surface area contributed by atoms with E-state index in [9.17, 15) is 4.79 Å². The van der Waals surface area contributed by atoms with Gasteiger partial charge >= 0.3 is 0 Å². The minimum absolute atomic E-state index is 0.122. The van der Waals surface area contributed by atoms with Gasteiger partial charge in [-0.05, 0) is 54.5 Å². The third-order valence-electron chi connectivity index (χ3n) is 5.56. The SMILES string of the molecule is Cc1c2c(cc3c1O/C(=C\c1cccc(Br)c1)C3=O)CN(Cc1ccc(Cl)cc1Cl)CO2. The predicted molar refractivity (Wildman–Crippen MR) is 129 cm³/mol. The lowest BCUT2D eigenvalue weighted by Gasteiger charge is -2.30. The van der Waals surface area contributed by atoms with Crippen molar-refractivity contribution in [2.75, 3.05) is 6.73 Å². The average Bonchev–Trinajstić information content (AvgIpc) is 3.06. The summed E-state index contributed by atoms with van der Waals surface area (Å²) in [5.41, 5.74) is 4.23. The molecule has 0 atom stereocenters. The Bertz CT molecular complexity index is 1290. The molecule has 0 radical (unpaired) electrons. The van der Waals surface area contributed by atoms with Crippen LogP contribution >= 0.6 is 39.1 Å². The Morgan fingerprint density at radius 1 is 1.12 bits per heavy atom. The van der Waals surface area contributed by atoms with Crippen LogP contribution in [-0.2, 0) is 13.1 Å². The largest absolute Gasteiger partial charge is 0.477 e. The first-order valence-corrected chi connectivity index (χ1v) is 11.6. The number of nitrogens with zero attached hydrogens (tertiary/aromatic N) is 1. The Kier molecular flexibility index (Phi) is 5.76. The number of hydrogen-bond donors (Lipinski definition) is 0. The minimum atomic E-state index is -0.122. The number of halogens is 3. The lowest BCUT2D eigenvalue weighted by Crippen LogP contribution is -2.32. The molecule has 162 valence electrons. The Balaban J connectivity index is 1.42. The number of allylic oxidation sites excluding steroid dienone is 1. The van der Waals surface area contributed by atoms with Gasteiger partial charge < -0.3 is 9.47 Å². The highest BCUT2D eigenvalue weighted by Crippen LogP contribution is 2.43. The number of hydrogen-bond acceptors (Lipinski definition) is 4. The van der Waals surface area contributed by atoms with Crippen LogP contribution in [0.15, 0.2) is 58.8 Å². The van der Waals surface area contributed by atoms with Gasteiger partial charge in [0.05, 0.1) is 5.56 Å². The molecule has 7 heteroatoms. The van der Waals surface area contributed by atoms with Crippen LogP contribution in [-0.4, -0.2) is 17.4 Å². The summed E-state index contributed by atoms with van der Waals surface area (Å²) in [5.74, 6) is 1.54. The summed E-state index contributed by atoms with van der Waals surface area (Å²) in [5, 5.41) is 1.23. The molecule has 4 nitrogen and oxygen atoms in total. The van der Waals surface area contributed by atoms with Crippen molar-refractivity contribution in [3.63, 3.8) is 0 Å². The predicted octanol–water partition coefficient (Wildman–Crippen LogP) is 7.03. The molecule has 0 N–H and O–H groups in total. The summed E-state index contributed by atoms with van der Waals surface area (Å²) >= 11 is 15.8. The molecule has 0 spiro atoms. The molecule has 3 aromatic rings. The standard InChI is InChI=1S/C25H18BrCl2NO3/c1-14-24-17(12-29(13-31-24)11-16-5-6-19(27)10-21(16)28)9-20-23(30)22(32-25(14)20)8-15-3-2-4-18(26)7-15/h2-10H,11-13H2,1H3/b22-8-. The van der Waals surface area contributed by atoms with E-state index in [-0.39, 0.29) is 5.78 Å². The number of fused-ring (bicyclic) bond motifs is 2. The molecule has 0 aromatic heterocycles. The molecule has 3 aromatic carbocycles. The number of ether oxygens (including phenoxy) is 2. The minimum Gasteiger partial charge on any atom is -0.477 e. The van der Waals surface area contributed by atoms with Crippen LogP contribution in [0, 0.1) is 6.92 Å². The van der Waals surface area contributed by atoms with Crippen molar-refractivity contribution in [3.8, 4) is 11.5 Å². The zero-order valence-corrected chi connectivity index (χ0v) is 20.2. The van der Waals surface area contributed by atoms with Crippen LogP contribution in [0.4, 0.5) is 0 Å². The number of carbonyl (C=O) groups is 1. The van der Waals surface area contributed by atoms with Crippen molar-refractivity contribution in [1.29, 1.82) is 0 Å². The molecule has 5 rings (SSSR count). The molecule has 0 aliphatic carbocycles. The van der Waals surface area contributed by atoms with Gasteiger partial charge in [0.1, 0.15) is 18.2 Å². The second-order valence-corrected chi connectivity index (χ2v) is 9.62. The van der Waals surface area contributed by atoms with Gasteiger partial charge in [0, 0.05) is 38.7 Å². The van der Waals surface area contributed by atoms with Gasteiger partial charge in [-0.1, -0.05) is 57.3 Å². The van der Waals surface area contributed by atoms with E-state index in [2.05, 4.69) is 20.8 Å². The molecule has 0 fully saturated rings. The van der Waals surface area contributed by atoms with E-state index < -0.39 is 0 Å². The quantitative estimate of drug-likeness (QED) is 0.341. The number of carbonyl (C=O) groups excluding carboxylic acids is 1. The fourth-order valence-electron chi connectivity index (χ4n) is 4.04. The maximum atomic E-state index is 13.1. The van der Waals surface area contributed by atoms with Crippen molar-refractivity contribution >= 4 is 51.0 Å². The highest BCUT2D eigenvalue weighted by molar-refractivity contribution is 9.10. The van der Waals surface area contributed by atoms with Gasteiger partial charge in [-0.2, -0.15) is 0 Å². The number of benzene rings is 3. The Morgan fingerprint density at radius 3 is 2.75 bits per heavy atom. The van der Waals surface area contributed by atoms with E-state index in [1.54, 1.807) is 12.1 Å². The highest BCUT2D eigenvalue weighted by atomic mass is 79.9. The zero-order chi connectivity index (χ0) is 22.4. The van der Waals surface area contributed by atoms with Gasteiger partial charge in [-0.3, -0.25) is 9.69 Å². The van der Waals surface area contributed by atoms with Crippen molar-refractivity contribution in [1.82, 2.24) is 4.90 Å². The lowest BCUT2D eigenvalue weighted by molar-refractivity contribution is 0.0877. The van der Waals surface area contributed by atoms with E-state index >= 15 is 0 Å². The first-order chi connectivity index (χ1) is 15.4. The summed E-state index contributed by atoms with van der Waals surface area (Å²) in [4.78, 5) is 15.2. The Hall–Kier alpha value is -2.31. The van der Waals surface area contributed by atoms with E-state index in [1.165, 1.54) is 0 Å². The summed E-state index contributed by atoms with van der Waals surface area (Å²) in [7, 11) is 0. The molecular weight excluding hydrogens is 513 g/mol. The fourth-order valence-corrected chi connectivity index (χ4v) is 4.92. The van der Waals surface area contributed by atoms with Gasteiger partial charge in [-0.15, -0.1) is 0 Å². The van der Waals surface area contributed by atoms with E-state index in [1.807, 2.05) is 49.4 Å². The van der Waals surface area contributed by atoms with E-state index in [0.29, 0.717) is 46.9 Å². The molecule has 2 aliphatic heterocycles. The van der Waals surface area contributed by atoms with Crippen LogP contribution in [0.25, 0.3) is 6.08 Å². The monoisotopic (exact) mass is 529 g/mol. The van der Waals surface area contributed by atoms with Crippen molar-refractivity contribution in [2.45, 2.75) is 20.0 Å². The first-order valence-electron chi connectivity index (χ1n) is 10.0. The van der Waals surface area contributed by atoms with Gasteiger partial charge in [0.2, 0.25) is 5.78 Å². The van der Waals surface area contributed by atoms with Crippen LogP contribution in [0.5, 0.6) is 11.5 Å². The molecule has 0 saturated carbocycles. The topological polar surface area (TPSA) is 38.8 Å². The molecule has 2 heterocycles. The van der Waals surface area contributed by atoms with Gasteiger partial charge in [-0.25, -0.2) is 0 Å². The van der Waals surface area contributed by atoms with Crippen LogP contribution < -0.4 is 9.47 Å². The first kappa shape index (κ1) is 21.5. The summed E-state index contributed by atoms with van der Waals surface area (Å²) in [6, 6.07) is 15.1. The Labute approximate surface area is 204 Å². The third kappa shape index (κ3) is 4.06. The summed E-state index contributed by atoms with van der Waals surface area (Å²) < 4.78 is 13.0. The lowest BCUT2D eigenvalue weighted by atomic mass is 10.00. The molecule has 32 heavy (non-hydrogen) atoms. The third-order valence-corrected chi connectivity index (χ3v) is 6.64. The van der Waals surface area contributed by atoms with Crippen LogP contribution in [0.3, 0.4) is 0 Å². The second-order valence-electron chi connectivity index (χ2n) is 7.86. The van der Waals surface area contributed by atoms with Crippen molar-refractivity contribution in [3.05, 3.63) is 96.6 Å². The van der Waals surface area contributed by atoms with E-state index in [0.717, 1.165) is 32.5 Å². The molecule has 0 saturated heterocycles. The van der Waals surface area contributed by atoms with Crippen molar-refractivity contribution < 1.29 is 14.3 Å². The smallest absolute Gasteiger partial charge is 0.231 e. The van der Waals surface area contributed by atoms with E-state index in [4.69, 9.17) is 32.7 Å². The number of rotatable bonds is 3.